The Hall–Kier alpha value is -5.37. The van der Waals surface area contributed by atoms with Crippen molar-refractivity contribution in [1.29, 1.82) is 0 Å². The van der Waals surface area contributed by atoms with Crippen molar-refractivity contribution < 1.29 is 18.0 Å². The van der Waals surface area contributed by atoms with E-state index in [1.165, 1.54) is 0 Å². The fraction of sp³-hybridized carbons (Fsp3) is 0.233. The van der Waals surface area contributed by atoms with Crippen LogP contribution in [0.15, 0.2) is 83.8 Å². The standard InChI is InChI=1S/C30H26F2N10O2/c1-39-17-24(34-18-39)20-7-8-25-22(15-20)35-28(44-25)21-9-10-33-23(16-21)29(43)41-13-11-40(12-14-41)26(19-5-3-2-4-6-19)27-36-38-42(37-27)30(31)32/h2-10,15-18,26,30H,11-14H2,1H3/t26-/m0/s1. The molecule has 12 nitrogen and oxygen atoms in total. The summed E-state index contributed by atoms with van der Waals surface area (Å²) in [5, 5.41) is 11.4. The van der Waals surface area contributed by atoms with Crippen LogP contribution >= 0.6 is 0 Å². The molecule has 1 aliphatic rings. The molecule has 6 aromatic rings. The van der Waals surface area contributed by atoms with Crippen molar-refractivity contribution in [3.05, 3.63) is 96.5 Å². The summed E-state index contributed by atoms with van der Waals surface area (Å²) in [5.41, 5.74) is 4.81. The predicted molar refractivity (Wildman–Crippen MR) is 154 cm³/mol. The lowest BCUT2D eigenvalue weighted by Gasteiger charge is -2.38. The zero-order valence-electron chi connectivity index (χ0n) is 23.5. The number of imidazole rings is 1. The van der Waals surface area contributed by atoms with E-state index in [1.54, 1.807) is 29.6 Å². The highest BCUT2D eigenvalue weighted by atomic mass is 19.3. The van der Waals surface area contributed by atoms with Crippen LogP contribution in [0.4, 0.5) is 8.78 Å². The van der Waals surface area contributed by atoms with Crippen LogP contribution in [0.5, 0.6) is 0 Å². The molecule has 44 heavy (non-hydrogen) atoms. The van der Waals surface area contributed by atoms with Crippen molar-refractivity contribution in [2.75, 3.05) is 26.2 Å². The molecule has 7 rings (SSSR count). The first-order chi connectivity index (χ1) is 21.4. The predicted octanol–water partition coefficient (Wildman–Crippen LogP) is 4.22. The SMILES string of the molecule is Cn1cnc(-c2ccc3oc(-c4ccnc(C(=O)N5CCN([C@@H](c6ccccc6)c6nnn(C(F)F)n6)CC5)c4)nc3c2)c1. The molecule has 5 heterocycles. The molecule has 0 saturated carbocycles. The lowest BCUT2D eigenvalue weighted by molar-refractivity contribution is 0.0385. The van der Waals surface area contributed by atoms with Crippen LogP contribution < -0.4 is 0 Å². The Bertz CT molecular complexity index is 1930. The molecule has 14 heteroatoms. The van der Waals surface area contributed by atoms with E-state index in [9.17, 15) is 13.6 Å². The molecule has 2 aromatic carbocycles. The van der Waals surface area contributed by atoms with Gasteiger partial charge in [-0.05, 0) is 41.1 Å². The number of amides is 1. The van der Waals surface area contributed by atoms with Gasteiger partial charge in [0.1, 0.15) is 11.2 Å². The van der Waals surface area contributed by atoms with Crippen LogP contribution in [0, 0.1) is 0 Å². The van der Waals surface area contributed by atoms with Gasteiger partial charge < -0.3 is 13.9 Å². The molecule has 0 unspecified atom stereocenters. The van der Waals surface area contributed by atoms with E-state index in [0.717, 1.165) is 16.8 Å². The van der Waals surface area contributed by atoms with Crippen molar-refractivity contribution in [2.45, 2.75) is 12.6 Å². The number of oxazole rings is 1. The number of pyridine rings is 1. The maximum Gasteiger partial charge on any atom is 0.350 e. The largest absolute Gasteiger partial charge is 0.436 e. The quantitative estimate of drug-likeness (QED) is 0.266. The minimum absolute atomic E-state index is 0.177. The molecule has 1 amide bonds. The van der Waals surface area contributed by atoms with Gasteiger partial charge in [-0.15, -0.1) is 10.2 Å². The Balaban J connectivity index is 1.08. The number of piperazine rings is 1. The molecule has 0 aliphatic carbocycles. The van der Waals surface area contributed by atoms with Crippen LogP contribution in [-0.2, 0) is 7.05 Å². The molecule has 1 aliphatic heterocycles. The van der Waals surface area contributed by atoms with Gasteiger partial charge in [-0.2, -0.15) is 8.78 Å². The molecular formula is C30H26F2N10O2. The number of hydrogen-bond donors (Lipinski definition) is 0. The molecule has 4 aromatic heterocycles. The highest BCUT2D eigenvalue weighted by Crippen LogP contribution is 2.30. The highest BCUT2D eigenvalue weighted by Gasteiger charge is 2.32. The molecular weight excluding hydrogens is 570 g/mol. The van der Waals surface area contributed by atoms with Gasteiger partial charge in [-0.1, -0.05) is 35.1 Å². The summed E-state index contributed by atoms with van der Waals surface area (Å²) < 4.78 is 34.3. The van der Waals surface area contributed by atoms with Gasteiger partial charge in [-0.3, -0.25) is 14.7 Å². The van der Waals surface area contributed by atoms with E-state index in [1.807, 2.05) is 66.3 Å². The van der Waals surface area contributed by atoms with Crippen LogP contribution in [-0.4, -0.2) is 81.6 Å². The third-order valence-electron chi connectivity index (χ3n) is 7.56. The first-order valence-corrected chi connectivity index (χ1v) is 13.9. The topological polar surface area (TPSA) is 124 Å². The third kappa shape index (κ3) is 5.30. The van der Waals surface area contributed by atoms with Crippen molar-refractivity contribution in [3.8, 4) is 22.7 Å². The van der Waals surface area contributed by atoms with Gasteiger partial charge >= 0.3 is 6.55 Å². The zero-order valence-corrected chi connectivity index (χ0v) is 23.5. The summed E-state index contributed by atoms with van der Waals surface area (Å²) in [4.78, 5) is 31.0. The number of aryl methyl sites for hydroxylation is 1. The minimum Gasteiger partial charge on any atom is -0.436 e. The van der Waals surface area contributed by atoms with E-state index < -0.39 is 12.6 Å². The van der Waals surface area contributed by atoms with Crippen molar-refractivity contribution >= 4 is 17.0 Å². The Kier molecular flexibility index (Phi) is 7.10. The lowest BCUT2D eigenvalue weighted by Crippen LogP contribution is -2.50. The van der Waals surface area contributed by atoms with E-state index in [4.69, 9.17) is 4.42 Å². The number of benzene rings is 2. The molecule has 1 atom stereocenters. The van der Waals surface area contributed by atoms with Gasteiger partial charge in [0.25, 0.3) is 5.91 Å². The number of carbonyl (C=O) groups excluding carboxylic acids is 1. The van der Waals surface area contributed by atoms with E-state index in [0.29, 0.717) is 53.5 Å². The van der Waals surface area contributed by atoms with Gasteiger partial charge in [0.05, 0.1) is 18.1 Å². The number of aromatic nitrogens is 8. The number of fused-ring (bicyclic) bond motifs is 1. The monoisotopic (exact) mass is 596 g/mol. The minimum atomic E-state index is -2.88. The van der Waals surface area contributed by atoms with Gasteiger partial charge in [0, 0.05) is 56.7 Å². The molecule has 0 N–H and O–H groups in total. The number of nitrogens with zero attached hydrogens (tertiary/aromatic N) is 10. The molecule has 0 spiro atoms. The maximum absolute atomic E-state index is 13.5. The van der Waals surface area contributed by atoms with Gasteiger partial charge in [-0.25, -0.2) is 9.97 Å². The summed E-state index contributed by atoms with van der Waals surface area (Å²) in [5.74, 6) is 0.337. The van der Waals surface area contributed by atoms with E-state index in [-0.39, 0.29) is 17.4 Å². The van der Waals surface area contributed by atoms with E-state index in [2.05, 4.69) is 35.3 Å². The summed E-state index contributed by atoms with van der Waals surface area (Å²) in [6.07, 6.45) is 5.24. The van der Waals surface area contributed by atoms with Crippen LogP contribution in [0.3, 0.4) is 0 Å². The smallest absolute Gasteiger partial charge is 0.350 e. The number of rotatable bonds is 7. The molecule has 1 fully saturated rings. The van der Waals surface area contributed by atoms with Crippen molar-refractivity contribution in [2.24, 2.45) is 7.05 Å². The van der Waals surface area contributed by atoms with Gasteiger partial charge in [0.15, 0.2) is 11.4 Å². The third-order valence-corrected chi connectivity index (χ3v) is 7.56. The number of halogens is 2. The summed E-state index contributed by atoms with van der Waals surface area (Å²) in [6.45, 7) is -1.15. The van der Waals surface area contributed by atoms with E-state index >= 15 is 0 Å². The fourth-order valence-electron chi connectivity index (χ4n) is 5.39. The second-order valence-electron chi connectivity index (χ2n) is 10.4. The summed E-state index contributed by atoms with van der Waals surface area (Å²) in [6, 6.07) is 18.1. The van der Waals surface area contributed by atoms with Crippen molar-refractivity contribution in [3.63, 3.8) is 0 Å². The van der Waals surface area contributed by atoms with Gasteiger partial charge in [0.2, 0.25) is 5.89 Å². The molecule has 0 radical (unpaired) electrons. The Morgan fingerprint density at radius 1 is 0.955 bits per heavy atom. The van der Waals surface area contributed by atoms with Crippen molar-refractivity contribution in [1.82, 2.24) is 49.5 Å². The summed E-state index contributed by atoms with van der Waals surface area (Å²) >= 11 is 0. The summed E-state index contributed by atoms with van der Waals surface area (Å²) in [7, 11) is 1.91. The number of hydrogen-bond acceptors (Lipinski definition) is 9. The zero-order chi connectivity index (χ0) is 30.2. The van der Waals surface area contributed by atoms with Crippen LogP contribution in [0.2, 0.25) is 0 Å². The first-order valence-electron chi connectivity index (χ1n) is 13.9. The lowest BCUT2D eigenvalue weighted by atomic mass is 10.0. The number of tetrazole rings is 1. The second-order valence-corrected chi connectivity index (χ2v) is 10.4. The normalized spacial score (nSPS) is 14.9. The van der Waals surface area contributed by atoms with Crippen LogP contribution in [0.25, 0.3) is 33.8 Å². The first kappa shape index (κ1) is 27.5. The number of alkyl halides is 2. The molecule has 1 saturated heterocycles. The molecule has 222 valence electrons. The Morgan fingerprint density at radius 3 is 2.50 bits per heavy atom. The highest BCUT2D eigenvalue weighted by molar-refractivity contribution is 5.93. The fourth-order valence-corrected chi connectivity index (χ4v) is 5.39. The number of carbonyl (C=O) groups is 1. The Morgan fingerprint density at radius 2 is 1.77 bits per heavy atom. The Labute approximate surface area is 249 Å². The average molecular weight is 597 g/mol. The van der Waals surface area contributed by atoms with Crippen LogP contribution in [0.1, 0.15) is 34.5 Å². The average Bonchev–Trinajstić information content (AvgIpc) is 3.82. The second kappa shape index (κ2) is 11.4. The maximum atomic E-state index is 13.5. The molecule has 0 bridgehead atoms.